The molecule has 0 bridgehead atoms. The topological polar surface area (TPSA) is 47.2 Å². The molecule has 5 nitrogen and oxygen atoms in total. The molecule has 0 radical (unpaired) electrons. The lowest BCUT2D eigenvalue weighted by atomic mass is 10.2. The zero-order valence-corrected chi connectivity index (χ0v) is 12.3. The van der Waals surface area contributed by atoms with E-state index in [1.165, 1.54) is 9.13 Å². The van der Waals surface area contributed by atoms with E-state index >= 15 is 0 Å². The summed E-state index contributed by atoms with van der Waals surface area (Å²) in [6.07, 6.45) is 0. The number of rotatable bonds is 3. The van der Waals surface area contributed by atoms with Crippen LogP contribution in [0.3, 0.4) is 0 Å². The van der Waals surface area contributed by atoms with Gasteiger partial charge in [0.25, 0.3) is 5.56 Å². The highest BCUT2D eigenvalue weighted by atomic mass is 16.2. The molecule has 0 unspecified atom stereocenters. The zero-order chi connectivity index (χ0) is 14.9. The van der Waals surface area contributed by atoms with Gasteiger partial charge >= 0.3 is 5.69 Å². The Morgan fingerprint density at radius 3 is 2.25 bits per heavy atom. The van der Waals surface area contributed by atoms with Crippen LogP contribution in [0.4, 0.5) is 5.69 Å². The number of anilines is 1. The largest absolute Gasteiger partial charge is 0.372 e. The molecule has 1 aromatic carbocycles. The molecule has 1 heterocycles. The molecule has 0 aliphatic heterocycles. The van der Waals surface area contributed by atoms with Gasteiger partial charge in [0.05, 0.1) is 6.54 Å². The molecule has 2 aromatic rings. The summed E-state index contributed by atoms with van der Waals surface area (Å²) in [5, 5.41) is 0. The lowest BCUT2D eigenvalue weighted by Gasteiger charge is -2.19. The molecule has 106 valence electrons. The first-order valence-corrected chi connectivity index (χ1v) is 6.45. The lowest BCUT2D eigenvalue weighted by molar-refractivity contribution is 0.625. The Balaban J connectivity index is 2.65. The van der Waals surface area contributed by atoms with Crippen LogP contribution in [0.2, 0.25) is 0 Å². The smallest absolute Gasteiger partial charge is 0.331 e. The average molecular weight is 273 g/mol. The van der Waals surface area contributed by atoms with Crippen LogP contribution in [0, 0.1) is 6.92 Å². The summed E-state index contributed by atoms with van der Waals surface area (Å²) in [6, 6.07) is 9.50. The molecule has 0 saturated carbocycles. The van der Waals surface area contributed by atoms with Crippen LogP contribution in [0.15, 0.2) is 39.9 Å². The highest BCUT2D eigenvalue weighted by molar-refractivity contribution is 5.47. The first-order valence-electron chi connectivity index (χ1n) is 6.45. The monoisotopic (exact) mass is 273 g/mol. The van der Waals surface area contributed by atoms with Crippen molar-refractivity contribution in [2.24, 2.45) is 7.05 Å². The minimum Gasteiger partial charge on any atom is -0.372 e. The van der Waals surface area contributed by atoms with E-state index < -0.39 is 0 Å². The van der Waals surface area contributed by atoms with Gasteiger partial charge in [-0.3, -0.25) is 13.9 Å². The second kappa shape index (κ2) is 5.36. The summed E-state index contributed by atoms with van der Waals surface area (Å²) >= 11 is 0. The van der Waals surface area contributed by atoms with Crippen LogP contribution in [-0.4, -0.2) is 23.2 Å². The van der Waals surface area contributed by atoms with Gasteiger partial charge in [0.2, 0.25) is 0 Å². The highest BCUT2D eigenvalue weighted by Gasteiger charge is 2.15. The molecular formula is C15H19N3O2. The van der Waals surface area contributed by atoms with E-state index in [0.29, 0.717) is 11.4 Å². The Kier molecular flexibility index (Phi) is 3.79. The predicted octanol–water partition coefficient (Wildman–Crippen LogP) is 0.970. The fraction of sp³-hybridized carbons (Fsp3) is 0.333. The van der Waals surface area contributed by atoms with Gasteiger partial charge in [-0.25, -0.2) is 4.79 Å². The van der Waals surface area contributed by atoms with Crippen LogP contribution < -0.4 is 16.1 Å². The number of nitrogens with zero attached hydrogens (tertiary/aromatic N) is 3. The SMILES string of the molecule is Cc1c(N(C)C)c(=O)n(Cc2ccccc2)c(=O)n1C. The predicted molar refractivity (Wildman–Crippen MR) is 80.6 cm³/mol. The first kappa shape index (κ1) is 14.1. The van der Waals surface area contributed by atoms with Gasteiger partial charge in [-0.15, -0.1) is 0 Å². The first-order chi connectivity index (χ1) is 9.43. The standard InChI is InChI=1S/C15H19N3O2/c1-11-13(16(2)3)14(19)18(15(20)17(11)4)10-12-8-6-5-7-9-12/h5-9H,10H2,1-4H3. The normalized spacial score (nSPS) is 10.6. The fourth-order valence-electron chi connectivity index (χ4n) is 2.27. The Morgan fingerprint density at radius 2 is 1.70 bits per heavy atom. The Morgan fingerprint density at radius 1 is 1.10 bits per heavy atom. The van der Waals surface area contributed by atoms with Crippen LogP contribution >= 0.6 is 0 Å². The molecule has 1 aromatic heterocycles. The molecule has 0 aliphatic carbocycles. The number of benzene rings is 1. The van der Waals surface area contributed by atoms with Crippen molar-refractivity contribution in [2.75, 3.05) is 19.0 Å². The summed E-state index contributed by atoms with van der Waals surface area (Å²) in [7, 11) is 5.30. The molecule has 0 N–H and O–H groups in total. The maximum absolute atomic E-state index is 12.5. The Hall–Kier alpha value is -2.30. The van der Waals surface area contributed by atoms with E-state index in [0.717, 1.165) is 5.56 Å². The minimum absolute atomic E-state index is 0.251. The minimum atomic E-state index is -0.290. The molecule has 0 atom stereocenters. The van der Waals surface area contributed by atoms with Crippen molar-refractivity contribution in [3.63, 3.8) is 0 Å². The molecule has 0 spiro atoms. The van der Waals surface area contributed by atoms with Crippen molar-refractivity contribution < 1.29 is 0 Å². The second-order valence-corrected chi connectivity index (χ2v) is 5.05. The van der Waals surface area contributed by atoms with Crippen molar-refractivity contribution in [3.05, 3.63) is 62.4 Å². The van der Waals surface area contributed by atoms with Crippen LogP contribution in [-0.2, 0) is 13.6 Å². The van der Waals surface area contributed by atoms with Gasteiger partial charge in [-0.2, -0.15) is 0 Å². The number of aromatic nitrogens is 2. The van der Waals surface area contributed by atoms with Crippen LogP contribution in [0.1, 0.15) is 11.3 Å². The summed E-state index contributed by atoms with van der Waals surface area (Å²) in [4.78, 5) is 26.6. The Bertz CT molecular complexity index is 727. The highest BCUT2D eigenvalue weighted by Crippen LogP contribution is 2.09. The van der Waals surface area contributed by atoms with Crippen molar-refractivity contribution in [3.8, 4) is 0 Å². The van der Waals surface area contributed by atoms with E-state index in [2.05, 4.69) is 0 Å². The average Bonchev–Trinajstić information content (AvgIpc) is 2.42. The molecule has 0 saturated heterocycles. The second-order valence-electron chi connectivity index (χ2n) is 5.05. The van der Waals surface area contributed by atoms with Gasteiger partial charge in [0.1, 0.15) is 5.69 Å². The molecule has 5 heteroatoms. The fourth-order valence-corrected chi connectivity index (χ4v) is 2.27. The van der Waals surface area contributed by atoms with E-state index in [1.54, 1.807) is 33.0 Å². The quantitative estimate of drug-likeness (QED) is 0.837. The van der Waals surface area contributed by atoms with Crippen molar-refractivity contribution in [1.29, 1.82) is 0 Å². The third-order valence-corrected chi connectivity index (χ3v) is 3.44. The van der Waals surface area contributed by atoms with Crippen molar-refractivity contribution in [2.45, 2.75) is 13.5 Å². The summed E-state index contributed by atoms with van der Waals surface area (Å²) in [5.74, 6) is 0. The molecule has 2 rings (SSSR count). The van der Waals surface area contributed by atoms with Crippen molar-refractivity contribution >= 4 is 5.69 Å². The van der Waals surface area contributed by atoms with Gasteiger partial charge in [0, 0.05) is 26.8 Å². The number of hydrogen-bond donors (Lipinski definition) is 0. The molecule has 0 fully saturated rings. The third-order valence-electron chi connectivity index (χ3n) is 3.44. The van der Waals surface area contributed by atoms with Gasteiger partial charge in [-0.05, 0) is 12.5 Å². The van der Waals surface area contributed by atoms with Crippen LogP contribution in [0.25, 0.3) is 0 Å². The van der Waals surface area contributed by atoms with Crippen LogP contribution in [0.5, 0.6) is 0 Å². The lowest BCUT2D eigenvalue weighted by Crippen LogP contribution is -2.42. The van der Waals surface area contributed by atoms with Gasteiger partial charge < -0.3 is 4.90 Å². The zero-order valence-electron chi connectivity index (χ0n) is 12.3. The molecule has 20 heavy (non-hydrogen) atoms. The van der Waals surface area contributed by atoms with E-state index in [-0.39, 0.29) is 17.8 Å². The summed E-state index contributed by atoms with van der Waals surface area (Å²) < 4.78 is 2.79. The van der Waals surface area contributed by atoms with E-state index in [9.17, 15) is 9.59 Å². The van der Waals surface area contributed by atoms with E-state index in [1.807, 2.05) is 30.3 Å². The van der Waals surface area contributed by atoms with Gasteiger partial charge in [-0.1, -0.05) is 30.3 Å². The molecule has 0 aliphatic rings. The molecular weight excluding hydrogens is 254 g/mol. The maximum Gasteiger partial charge on any atom is 0.331 e. The molecule has 0 amide bonds. The van der Waals surface area contributed by atoms with Crippen molar-refractivity contribution in [1.82, 2.24) is 9.13 Å². The number of hydrogen-bond acceptors (Lipinski definition) is 3. The summed E-state index contributed by atoms with van der Waals surface area (Å²) in [5.41, 5.74) is 1.61. The van der Waals surface area contributed by atoms with E-state index in [4.69, 9.17) is 0 Å². The van der Waals surface area contributed by atoms with Gasteiger partial charge in [0.15, 0.2) is 0 Å². The maximum atomic E-state index is 12.5. The Labute approximate surface area is 117 Å². The third kappa shape index (κ3) is 2.39. The summed E-state index contributed by atoms with van der Waals surface area (Å²) in [6.45, 7) is 2.07.